The number of benzene rings is 1. The third-order valence-electron chi connectivity index (χ3n) is 5.76. The summed E-state index contributed by atoms with van der Waals surface area (Å²) >= 11 is 0. The average molecular weight is 434 g/mol. The second-order valence-corrected chi connectivity index (χ2v) is 8.28. The SMILES string of the molecule is CCNC(=NCc1cccc(COC2CCOCC2)c1)N1CCC(COCCOC)C1. The van der Waals surface area contributed by atoms with Crippen molar-refractivity contribution in [2.24, 2.45) is 10.9 Å². The standard InChI is InChI=1S/C24H39N3O4/c1-3-25-24(27-10-7-22(17-27)18-30-14-13-28-2)26-16-20-5-4-6-21(15-20)19-31-23-8-11-29-12-9-23/h4-6,15,22-23H,3,7-14,16-19H2,1-2H3,(H,25,26). The molecule has 174 valence electrons. The van der Waals surface area contributed by atoms with Crippen LogP contribution in [0.5, 0.6) is 0 Å². The minimum Gasteiger partial charge on any atom is -0.382 e. The van der Waals surface area contributed by atoms with Crippen LogP contribution in [0.3, 0.4) is 0 Å². The number of hydrogen-bond acceptors (Lipinski definition) is 5. The first kappa shape index (κ1) is 24.0. The van der Waals surface area contributed by atoms with E-state index in [-0.39, 0.29) is 0 Å². The van der Waals surface area contributed by atoms with Gasteiger partial charge in [0.1, 0.15) is 0 Å². The zero-order valence-corrected chi connectivity index (χ0v) is 19.2. The predicted octanol–water partition coefficient (Wildman–Crippen LogP) is 2.83. The van der Waals surface area contributed by atoms with Crippen LogP contribution in [0.25, 0.3) is 0 Å². The van der Waals surface area contributed by atoms with Crippen LogP contribution in [0.2, 0.25) is 0 Å². The minimum absolute atomic E-state index is 0.317. The number of ether oxygens (including phenoxy) is 4. The van der Waals surface area contributed by atoms with Crippen molar-refractivity contribution in [3.8, 4) is 0 Å². The number of methoxy groups -OCH3 is 1. The third kappa shape index (κ3) is 8.41. The Bertz CT molecular complexity index is 664. The van der Waals surface area contributed by atoms with Crippen LogP contribution in [0.15, 0.2) is 29.3 Å². The molecular weight excluding hydrogens is 394 g/mol. The summed E-state index contributed by atoms with van der Waals surface area (Å²) in [6, 6.07) is 8.58. The summed E-state index contributed by atoms with van der Waals surface area (Å²) in [5.74, 6) is 1.54. The maximum absolute atomic E-state index is 6.07. The molecule has 2 aliphatic heterocycles. The van der Waals surface area contributed by atoms with Gasteiger partial charge in [0, 0.05) is 45.9 Å². The van der Waals surface area contributed by atoms with Crippen LogP contribution in [0, 0.1) is 5.92 Å². The number of likely N-dealkylation sites (tertiary alicyclic amines) is 1. The molecule has 1 N–H and O–H groups in total. The van der Waals surface area contributed by atoms with E-state index in [1.807, 2.05) is 0 Å². The lowest BCUT2D eigenvalue weighted by Crippen LogP contribution is -2.40. The molecule has 3 rings (SSSR count). The van der Waals surface area contributed by atoms with Crippen molar-refractivity contribution in [3.05, 3.63) is 35.4 Å². The normalized spacial score (nSPS) is 20.4. The topological polar surface area (TPSA) is 64.6 Å². The third-order valence-corrected chi connectivity index (χ3v) is 5.76. The fourth-order valence-electron chi connectivity index (χ4n) is 4.02. The predicted molar refractivity (Wildman–Crippen MR) is 122 cm³/mol. The Labute approximate surface area is 187 Å². The van der Waals surface area contributed by atoms with Crippen molar-refractivity contribution in [1.29, 1.82) is 0 Å². The van der Waals surface area contributed by atoms with Gasteiger partial charge >= 0.3 is 0 Å². The quantitative estimate of drug-likeness (QED) is 0.329. The summed E-state index contributed by atoms with van der Waals surface area (Å²) in [4.78, 5) is 7.27. The van der Waals surface area contributed by atoms with E-state index >= 15 is 0 Å². The second kappa shape index (κ2) is 13.7. The lowest BCUT2D eigenvalue weighted by atomic mass is 10.1. The molecular formula is C24H39N3O4. The Morgan fingerprint density at radius 3 is 2.84 bits per heavy atom. The molecule has 0 radical (unpaired) electrons. The van der Waals surface area contributed by atoms with Gasteiger partial charge in [0.05, 0.1) is 39.1 Å². The van der Waals surface area contributed by atoms with E-state index in [9.17, 15) is 0 Å². The molecule has 1 unspecified atom stereocenters. The van der Waals surface area contributed by atoms with Gasteiger partial charge in [-0.1, -0.05) is 24.3 Å². The lowest BCUT2D eigenvalue weighted by molar-refractivity contribution is -0.0390. The minimum atomic E-state index is 0.317. The van der Waals surface area contributed by atoms with Gasteiger partial charge < -0.3 is 29.2 Å². The molecule has 31 heavy (non-hydrogen) atoms. The summed E-state index contributed by atoms with van der Waals surface area (Å²) in [7, 11) is 1.70. The van der Waals surface area contributed by atoms with Gasteiger partial charge in [-0.15, -0.1) is 0 Å². The summed E-state index contributed by atoms with van der Waals surface area (Å²) in [5.41, 5.74) is 2.42. The number of rotatable bonds is 11. The lowest BCUT2D eigenvalue weighted by Gasteiger charge is -2.22. The fourth-order valence-corrected chi connectivity index (χ4v) is 4.02. The summed E-state index contributed by atoms with van der Waals surface area (Å²) < 4.78 is 22.3. The number of guanidine groups is 1. The molecule has 2 heterocycles. The van der Waals surface area contributed by atoms with Gasteiger partial charge in [-0.25, -0.2) is 4.99 Å². The molecule has 1 aromatic rings. The number of aliphatic imine (C=N–C) groups is 1. The molecule has 2 aliphatic rings. The summed E-state index contributed by atoms with van der Waals surface area (Å²) in [6.45, 7) is 10.0. The van der Waals surface area contributed by atoms with Gasteiger partial charge in [-0.05, 0) is 37.3 Å². The molecule has 0 bridgehead atoms. The van der Waals surface area contributed by atoms with Gasteiger partial charge in [-0.3, -0.25) is 0 Å². The van der Waals surface area contributed by atoms with Crippen molar-refractivity contribution in [1.82, 2.24) is 10.2 Å². The van der Waals surface area contributed by atoms with Crippen molar-refractivity contribution >= 4 is 5.96 Å². The molecule has 0 spiro atoms. The van der Waals surface area contributed by atoms with E-state index in [4.69, 9.17) is 23.9 Å². The van der Waals surface area contributed by atoms with E-state index in [0.29, 0.717) is 38.4 Å². The van der Waals surface area contributed by atoms with Gasteiger partial charge in [0.25, 0.3) is 0 Å². The largest absolute Gasteiger partial charge is 0.382 e. The Hall–Kier alpha value is -1.67. The Morgan fingerprint density at radius 1 is 1.19 bits per heavy atom. The Balaban J connectivity index is 1.49. The first-order valence-corrected chi connectivity index (χ1v) is 11.7. The van der Waals surface area contributed by atoms with Crippen LogP contribution in [-0.4, -0.2) is 76.7 Å². The van der Waals surface area contributed by atoms with Crippen molar-refractivity contribution in [2.45, 2.75) is 45.4 Å². The molecule has 0 saturated carbocycles. The highest BCUT2D eigenvalue weighted by Crippen LogP contribution is 2.18. The van der Waals surface area contributed by atoms with Crippen LogP contribution in [-0.2, 0) is 32.1 Å². The van der Waals surface area contributed by atoms with E-state index in [0.717, 1.165) is 64.7 Å². The number of nitrogens with one attached hydrogen (secondary N) is 1. The monoisotopic (exact) mass is 433 g/mol. The second-order valence-electron chi connectivity index (χ2n) is 8.28. The van der Waals surface area contributed by atoms with Crippen molar-refractivity contribution in [3.63, 3.8) is 0 Å². The molecule has 1 aromatic carbocycles. The van der Waals surface area contributed by atoms with Crippen molar-refractivity contribution in [2.75, 3.05) is 59.8 Å². The molecule has 1 atom stereocenters. The highest BCUT2D eigenvalue weighted by Gasteiger charge is 2.25. The molecule has 0 aliphatic carbocycles. The van der Waals surface area contributed by atoms with E-state index in [1.54, 1.807) is 7.11 Å². The van der Waals surface area contributed by atoms with Gasteiger partial charge in [-0.2, -0.15) is 0 Å². The zero-order valence-electron chi connectivity index (χ0n) is 19.2. The summed E-state index contributed by atoms with van der Waals surface area (Å²) in [5, 5.41) is 3.45. The maximum atomic E-state index is 6.07. The molecule has 0 aromatic heterocycles. The van der Waals surface area contributed by atoms with Gasteiger partial charge in [0.15, 0.2) is 5.96 Å². The van der Waals surface area contributed by atoms with Crippen LogP contribution in [0.4, 0.5) is 0 Å². The van der Waals surface area contributed by atoms with E-state index in [2.05, 4.69) is 41.4 Å². The smallest absolute Gasteiger partial charge is 0.194 e. The molecule has 7 nitrogen and oxygen atoms in total. The first-order chi connectivity index (χ1) is 15.3. The number of nitrogens with zero attached hydrogens (tertiary/aromatic N) is 2. The van der Waals surface area contributed by atoms with Crippen molar-refractivity contribution < 1.29 is 18.9 Å². The average Bonchev–Trinajstić information content (AvgIpc) is 3.28. The summed E-state index contributed by atoms with van der Waals surface area (Å²) in [6.07, 6.45) is 3.43. The zero-order chi connectivity index (χ0) is 21.7. The number of hydrogen-bond donors (Lipinski definition) is 1. The molecule has 2 saturated heterocycles. The van der Waals surface area contributed by atoms with Crippen LogP contribution in [0.1, 0.15) is 37.3 Å². The van der Waals surface area contributed by atoms with E-state index in [1.165, 1.54) is 11.1 Å². The highest BCUT2D eigenvalue weighted by molar-refractivity contribution is 5.80. The first-order valence-electron chi connectivity index (χ1n) is 11.7. The van der Waals surface area contributed by atoms with Gasteiger partial charge in [0.2, 0.25) is 0 Å². The fraction of sp³-hybridized carbons (Fsp3) is 0.708. The molecule has 2 fully saturated rings. The van der Waals surface area contributed by atoms with Crippen LogP contribution < -0.4 is 5.32 Å². The highest BCUT2D eigenvalue weighted by atomic mass is 16.5. The molecule has 0 amide bonds. The Kier molecular flexibility index (Phi) is 10.6. The van der Waals surface area contributed by atoms with Crippen LogP contribution >= 0.6 is 0 Å². The molecule has 7 heteroatoms. The van der Waals surface area contributed by atoms with E-state index < -0.39 is 0 Å². The Morgan fingerprint density at radius 2 is 2.03 bits per heavy atom. The maximum Gasteiger partial charge on any atom is 0.194 e.